The Hall–Kier alpha value is -3.32. The fourth-order valence-corrected chi connectivity index (χ4v) is 5.23. The van der Waals surface area contributed by atoms with E-state index in [9.17, 15) is 24.0 Å². The van der Waals surface area contributed by atoms with Gasteiger partial charge in [0.05, 0.1) is 0 Å². The molecule has 0 bridgehead atoms. The second-order valence-electron chi connectivity index (χ2n) is 11.8. The predicted octanol–water partition coefficient (Wildman–Crippen LogP) is 3.71. The van der Waals surface area contributed by atoms with Gasteiger partial charge in [-0.05, 0) is 90.3 Å². The van der Waals surface area contributed by atoms with E-state index >= 15 is 0 Å². The van der Waals surface area contributed by atoms with Crippen LogP contribution in [0.3, 0.4) is 0 Å². The molecule has 0 spiro atoms. The van der Waals surface area contributed by atoms with Crippen LogP contribution in [0, 0.1) is 0 Å². The lowest BCUT2D eigenvalue weighted by atomic mass is 10.1. The maximum Gasteiger partial charge on any atom is 0.407 e. The predicted molar refractivity (Wildman–Crippen MR) is 184 cm³/mol. The van der Waals surface area contributed by atoms with Crippen LogP contribution in [0.15, 0.2) is 29.2 Å². The lowest BCUT2D eigenvalue weighted by Gasteiger charge is -2.27. The number of nitrogens with zero attached hydrogens (tertiary/aromatic N) is 1. The Morgan fingerprint density at radius 3 is 2.26 bits per heavy atom. The van der Waals surface area contributed by atoms with E-state index in [1.165, 1.54) is 4.90 Å². The number of carbonyl (C=O) groups is 5. The molecular formula is C33H58N6O6S. The van der Waals surface area contributed by atoms with Gasteiger partial charge in [0, 0.05) is 42.5 Å². The summed E-state index contributed by atoms with van der Waals surface area (Å²) < 4.78 is 5.23. The smallest absolute Gasteiger partial charge is 0.407 e. The van der Waals surface area contributed by atoms with E-state index in [4.69, 9.17) is 10.5 Å². The minimum absolute atomic E-state index is 0.0178. The fraction of sp³-hybridized carbons (Fsp3) is 0.667. The van der Waals surface area contributed by atoms with Crippen LogP contribution >= 0.6 is 11.8 Å². The Labute approximate surface area is 280 Å². The number of primary amides is 1. The average Bonchev–Trinajstić information content (AvgIpc) is 3.41. The molecule has 1 aliphatic heterocycles. The molecule has 0 aromatic heterocycles. The number of rotatable bonds is 17. The van der Waals surface area contributed by atoms with Gasteiger partial charge in [-0.15, -0.1) is 11.8 Å². The summed E-state index contributed by atoms with van der Waals surface area (Å²) in [5.74, 6) is 0.487. The Morgan fingerprint density at radius 1 is 1.07 bits per heavy atom. The molecule has 1 saturated heterocycles. The van der Waals surface area contributed by atoms with Gasteiger partial charge in [-0.3, -0.25) is 19.2 Å². The van der Waals surface area contributed by atoms with Crippen LogP contribution in [0.2, 0.25) is 0 Å². The molecular weight excluding hydrogens is 608 g/mol. The van der Waals surface area contributed by atoms with Gasteiger partial charge < -0.3 is 36.6 Å². The van der Waals surface area contributed by atoms with Gasteiger partial charge in [0.15, 0.2) is 0 Å². The van der Waals surface area contributed by atoms with Crippen LogP contribution in [-0.2, 0) is 30.5 Å². The van der Waals surface area contributed by atoms with Crippen LogP contribution in [0.4, 0.5) is 4.79 Å². The number of hydrogen-bond donors (Lipinski definition) is 5. The molecule has 4 atom stereocenters. The molecule has 262 valence electrons. The number of hydrogen-bond acceptors (Lipinski definition) is 8. The topological polar surface area (TPSA) is 172 Å². The van der Waals surface area contributed by atoms with Crippen molar-refractivity contribution < 1.29 is 28.7 Å². The molecule has 0 saturated carbocycles. The standard InChI is InChI=1S/C21H39N5O5.C10H13NOS.C2H6/c1-14(6-9-18(22)28)24-19(29)17-8-7-16(26(17)13-27)10-11-23-12-15(2)25-20(30)31-21(3,4)5;1-2-13-10-5-3-9(4-6-10)7-11-8-12;1-2/h13-17,23H,6-12H2,1-5H3,(H2,22,28)(H,24,29)(H,25,30);3-6,8H,2,7H2,1H3,(H,11,12);1-2H3. The molecule has 1 aromatic carbocycles. The van der Waals surface area contributed by atoms with E-state index in [-0.39, 0.29) is 30.5 Å². The first-order valence-corrected chi connectivity index (χ1v) is 17.2. The van der Waals surface area contributed by atoms with Crippen LogP contribution in [-0.4, -0.2) is 84.2 Å². The number of nitrogens with two attached hydrogens (primary N) is 1. The van der Waals surface area contributed by atoms with E-state index in [0.717, 1.165) is 24.1 Å². The molecule has 2 rings (SSSR count). The van der Waals surface area contributed by atoms with Gasteiger partial charge in [-0.2, -0.15) is 0 Å². The van der Waals surface area contributed by atoms with E-state index in [1.54, 1.807) is 4.90 Å². The number of alkyl carbamates (subject to hydrolysis) is 1. The molecule has 0 radical (unpaired) electrons. The molecule has 1 aliphatic rings. The first kappa shape index (κ1) is 42.7. The maximum absolute atomic E-state index is 12.5. The zero-order valence-corrected chi connectivity index (χ0v) is 29.8. The van der Waals surface area contributed by atoms with Gasteiger partial charge in [0.1, 0.15) is 11.6 Å². The number of thioether (sulfide) groups is 1. The van der Waals surface area contributed by atoms with Gasteiger partial charge in [0.2, 0.25) is 24.6 Å². The van der Waals surface area contributed by atoms with Crippen molar-refractivity contribution in [2.45, 2.75) is 129 Å². The van der Waals surface area contributed by atoms with Gasteiger partial charge in [0.25, 0.3) is 0 Å². The van der Waals surface area contributed by atoms with E-state index in [1.807, 2.05) is 72.4 Å². The minimum atomic E-state index is -0.541. The SMILES string of the molecule is CC.CC(CNCCC1CCC(C(=O)NC(C)CCC(N)=O)N1C=O)NC(=O)OC(C)(C)C.CCSc1ccc(CNC=O)cc1. The van der Waals surface area contributed by atoms with E-state index < -0.39 is 23.6 Å². The maximum atomic E-state index is 12.5. The second kappa shape index (κ2) is 23.9. The molecule has 0 aliphatic carbocycles. The van der Waals surface area contributed by atoms with Crippen LogP contribution in [0.25, 0.3) is 0 Å². The highest BCUT2D eigenvalue weighted by atomic mass is 32.2. The monoisotopic (exact) mass is 666 g/mol. The molecule has 13 heteroatoms. The number of ether oxygens (including phenoxy) is 1. The lowest BCUT2D eigenvalue weighted by Crippen LogP contribution is -2.48. The quantitative estimate of drug-likeness (QED) is 0.0951. The number of benzene rings is 1. The van der Waals surface area contributed by atoms with E-state index in [0.29, 0.717) is 45.3 Å². The van der Waals surface area contributed by atoms with Crippen molar-refractivity contribution in [3.8, 4) is 0 Å². The highest BCUT2D eigenvalue weighted by Gasteiger charge is 2.36. The van der Waals surface area contributed by atoms with Gasteiger partial charge >= 0.3 is 6.09 Å². The van der Waals surface area contributed by atoms with Gasteiger partial charge in [-0.1, -0.05) is 32.9 Å². The Bertz CT molecular complexity index is 1040. The van der Waals surface area contributed by atoms with E-state index in [2.05, 4.69) is 40.3 Å². The number of amides is 5. The number of carbonyl (C=O) groups excluding carboxylic acids is 5. The van der Waals surface area contributed by atoms with Crippen LogP contribution in [0.1, 0.15) is 93.1 Å². The first-order valence-electron chi connectivity index (χ1n) is 16.2. The Morgan fingerprint density at radius 2 is 1.72 bits per heavy atom. The van der Waals surface area contributed by atoms with Crippen molar-refractivity contribution in [3.63, 3.8) is 0 Å². The molecule has 46 heavy (non-hydrogen) atoms. The van der Waals surface area contributed by atoms with Crippen molar-refractivity contribution in [1.29, 1.82) is 0 Å². The normalized spacial score (nSPS) is 16.7. The summed E-state index contributed by atoms with van der Waals surface area (Å²) in [5.41, 5.74) is 5.73. The molecule has 4 unspecified atom stereocenters. The number of likely N-dealkylation sites (tertiary alicyclic amines) is 1. The first-order chi connectivity index (χ1) is 21.8. The zero-order valence-electron chi connectivity index (χ0n) is 29.0. The third-order valence-corrected chi connectivity index (χ3v) is 7.58. The highest BCUT2D eigenvalue weighted by Crippen LogP contribution is 2.25. The Kier molecular flexibility index (Phi) is 22.2. The van der Waals surface area contributed by atoms with Crippen molar-refractivity contribution in [3.05, 3.63) is 29.8 Å². The van der Waals surface area contributed by atoms with Crippen molar-refractivity contribution in [2.24, 2.45) is 5.73 Å². The summed E-state index contributed by atoms with van der Waals surface area (Å²) in [5, 5.41) is 11.5. The molecule has 1 heterocycles. The summed E-state index contributed by atoms with van der Waals surface area (Å²) in [7, 11) is 0. The second-order valence-corrected chi connectivity index (χ2v) is 13.2. The zero-order chi connectivity index (χ0) is 35.1. The third-order valence-electron chi connectivity index (χ3n) is 6.68. The molecule has 12 nitrogen and oxygen atoms in total. The third kappa shape index (κ3) is 19.3. The Balaban J connectivity index is 0.00000112. The lowest BCUT2D eigenvalue weighted by molar-refractivity contribution is -0.133. The summed E-state index contributed by atoms with van der Waals surface area (Å²) in [6.45, 7) is 17.1. The molecule has 6 N–H and O–H groups in total. The van der Waals surface area contributed by atoms with Crippen LogP contribution in [0.5, 0.6) is 0 Å². The summed E-state index contributed by atoms with van der Waals surface area (Å²) in [6, 6.07) is 7.42. The molecule has 1 aromatic rings. The summed E-state index contributed by atoms with van der Waals surface area (Å²) >= 11 is 1.82. The number of nitrogens with one attached hydrogen (secondary N) is 4. The van der Waals surface area contributed by atoms with Gasteiger partial charge in [-0.25, -0.2) is 4.79 Å². The summed E-state index contributed by atoms with van der Waals surface area (Å²) in [4.78, 5) is 59.7. The molecule has 5 amide bonds. The van der Waals surface area contributed by atoms with Crippen molar-refractivity contribution >= 4 is 42.5 Å². The van der Waals surface area contributed by atoms with Crippen molar-refractivity contribution in [1.82, 2.24) is 26.2 Å². The molecule has 1 fully saturated rings. The summed E-state index contributed by atoms with van der Waals surface area (Å²) in [6.07, 6.45) is 3.74. The largest absolute Gasteiger partial charge is 0.444 e. The average molecular weight is 667 g/mol. The highest BCUT2D eigenvalue weighted by molar-refractivity contribution is 7.99. The van der Waals surface area contributed by atoms with Crippen LogP contribution < -0.4 is 27.0 Å². The fourth-order valence-electron chi connectivity index (χ4n) is 4.57. The minimum Gasteiger partial charge on any atom is -0.444 e. The van der Waals surface area contributed by atoms with Crippen molar-refractivity contribution in [2.75, 3.05) is 18.8 Å².